The van der Waals surface area contributed by atoms with Crippen molar-refractivity contribution < 1.29 is 13.2 Å². The maximum atomic E-state index is 13.1. The average Bonchev–Trinajstić information content (AvgIpc) is 2.94. The number of anilines is 1. The van der Waals surface area contributed by atoms with Crippen LogP contribution in [0, 0.1) is 19.8 Å². The van der Waals surface area contributed by atoms with Crippen LogP contribution in [0.2, 0.25) is 0 Å². The topological polar surface area (TPSA) is 93.5 Å². The Morgan fingerprint density at radius 3 is 2.43 bits per heavy atom. The highest BCUT2D eigenvalue weighted by atomic mass is 32.2. The third-order valence-electron chi connectivity index (χ3n) is 5.35. The molecule has 1 aliphatic rings. The summed E-state index contributed by atoms with van der Waals surface area (Å²) >= 11 is 0. The van der Waals surface area contributed by atoms with Crippen molar-refractivity contribution in [3.05, 3.63) is 23.8 Å². The molecule has 0 aliphatic carbocycles. The Hall–Kier alpha value is -2.20. The van der Waals surface area contributed by atoms with E-state index in [0.29, 0.717) is 47.0 Å². The number of sulfonamides is 1. The number of hydrogen-bond acceptors (Lipinski definition) is 7. The summed E-state index contributed by atoms with van der Waals surface area (Å²) < 4.78 is 34.7. The van der Waals surface area contributed by atoms with Crippen molar-refractivity contribution in [3.8, 4) is 5.88 Å². The van der Waals surface area contributed by atoms with Crippen LogP contribution >= 0.6 is 0 Å². The standard InChI is InChI=1S/C18H28N6O3S/c1-13-16(14(2)23(4)21-13)28(25,26)24-10-6-15(7-11-24)12-22(3)17-18(27-5)20-9-8-19-17/h8-9,15H,6-7,10-12H2,1-5H3. The summed E-state index contributed by atoms with van der Waals surface area (Å²) in [6.07, 6.45) is 4.83. The lowest BCUT2D eigenvalue weighted by Crippen LogP contribution is -2.41. The molecule has 3 rings (SSSR count). The van der Waals surface area contributed by atoms with E-state index in [4.69, 9.17) is 4.74 Å². The van der Waals surface area contributed by atoms with Gasteiger partial charge in [0.05, 0.1) is 18.5 Å². The van der Waals surface area contributed by atoms with Crippen molar-refractivity contribution >= 4 is 15.8 Å². The van der Waals surface area contributed by atoms with Crippen molar-refractivity contribution in [2.75, 3.05) is 38.7 Å². The Kier molecular flexibility index (Phi) is 5.90. The van der Waals surface area contributed by atoms with Crippen LogP contribution in [0.1, 0.15) is 24.2 Å². The second-order valence-corrected chi connectivity index (χ2v) is 9.12. The molecule has 0 N–H and O–H groups in total. The molecular formula is C18H28N6O3S. The van der Waals surface area contributed by atoms with Gasteiger partial charge in [0, 0.05) is 46.1 Å². The van der Waals surface area contributed by atoms with E-state index >= 15 is 0 Å². The fraction of sp³-hybridized carbons (Fsp3) is 0.611. The van der Waals surface area contributed by atoms with E-state index in [2.05, 4.69) is 15.1 Å². The summed E-state index contributed by atoms with van der Waals surface area (Å²) in [5.41, 5.74) is 1.23. The fourth-order valence-corrected chi connectivity index (χ4v) is 5.66. The van der Waals surface area contributed by atoms with E-state index in [1.54, 1.807) is 49.4 Å². The van der Waals surface area contributed by atoms with Gasteiger partial charge in [-0.05, 0) is 32.6 Å². The van der Waals surface area contributed by atoms with Crippen LogP contribution in [-0.2, 0) is 17.1 Å². The molecule has 2 aromatic heterocycles. The van der Waals surface area contributed by atoms with Crippen molar-refractivity contribution in [1.29, 1.82) is 0 Å². The molecule has 154 valence electrons. The van der Waals surface area contributed by atoms with Crippen LogP contribution in [0.25, 0.3) is 0 Å². The lowest BCUT2D eigenvalue weighted by molar-refractivity contribution is 0.276. The van der Waals surface area contributed by atoms with Crippen LogP contribution in [0.3, 0.4) is 0 Å². The number of aryl methyl sites for hydroxylation is 2. The number of aromatic nitrogens is 4. The summed E-state index contributed by atoms with van der Waals surface area (Å²) in [4.78, 5) is 10.9. The van der Waals surface area contributed by atoms with Gasteiger partial charge in [-0.15, -0.1) is 0 Å². The minimum absolute atomic E-state index is 0.342. The molecule has 28 heavy (non-hydrogen) atoms. The minimum Gasteiger partial charge on any atom is -0.478 e. The quantitative estimate of drug-likeness (QED) is 0.713. The van der Waals surface area contributed by atoms with Gasteiger partial charge >= 0.3 is 0 Å². The molecule has 0 bridgehead atoms. The Bertz CT molecular complexity index is 935. The zero-order valence-electron chi connectivity index (χ0n) is 17.1. The van der Waals surface area contributed by atoms with E-state index in [9.17, 15) is 8.42 Å². The van der Waals surface area contributed by atoms with E-state index in [1.165, 1.54) is 0 Å². The lowest BCUT2D eigenvalue weighted by Gasteiger charge is -2.33. The largest absolute Gasteiger partial charge is 0.478 e. The second kappa shape index (κ2) is 8.04. The van der Waals surface area contributed by atoms with E-state index in [0.717, 1.165) is 19.4 Å². The highest BCUT2D eigenvalue weighted by molar-refractivity contribution is 7.89. The monoisotopic (exact) mass is 408 g/mol. The van der Waals surface area contributed by atoms with Crippen LogP contribution in [0.4, 0.5) is 5.82 Å². The third-order valence-corrected chi connectivity index (χ3v) is 7.50. The van der Waals surface area contributed by atoms with Gasteiger partial charge in [0.1, 0.15) is 4.90 Å². The summed E-state index contributed by atoms with van der Waals surface area (Å²) in [5.74, 6) is 1.56. The number of nitrogens with zero attached hydrogens (tertiary/aromatic N) is 6. The Labute approximate surface area is 166 Å². The lowest BCUT2D eigenvalue weighted by atomic mass is 9.98. The average molecular weight is 409 g/mol. The van der Waals surface area contributed by atoms with E-state index in [1.807, 2.05) is 11.9 Å². The van der Waals surface area contributed by atoms with Crippen molar-refractivity contribution in [3.63, 3.8) is 0 Å². The molecule has 3 heterocycles. The zero-order chi connectivity index (χ0) is 20.5. The molecule has 1 aliphatic heterocycles. The molecular weight excluding hydrogens is 380 g/mol. The van der Waals surface area contributed by atoms with Crippen LogP contribution in [0.15, 0.2) is 17.3 Å². The minimum atomic E-state index is -3.52. The normalized spacial score (nSPS) is 16.3. The van der Waals surface area contributed by atoms with Gasteiger partial charge in [-0.3, -0.25) is 4.68 Å². The first-order valence-electron chi connectivity index (χ1n) is 9.32. The Morgan fingerprint density at radius 1 is 1.21 bits per heavy atom. The first-order chi connectivity index (χ1) is 13.3. The van der Waals surface area contributed by atoms with E-state index in [-0.39, 0.29) is 0 Å². The van der Waals surface area contributed by atoms with Crippen molar-refractivity contribution in [2.45, 2.75) is 31.6 Å². The highest BCUT2D eigenvalue weighted by Crippen LogP contribution is 2.29. The van der Waals surface area contributed by atoms with Crippen molar-refractivity contribution in [1.82, 2.24) is 24.1 Å². The van der Waals surface area contributed by atoms with Gasteiger partial charge < -0.3 is 9.64 Å². The Balaban J connectivity index is 1.66. The summed E-state index contributed by atoms with van der Waals surface area (Å²) in [7, 11) is 1.78. The van der Waals surface area contributed by atoms with Gasteiger partial charge in [0.15, 0.2) is 5.82 Å². The molecule has 0 atom stereocenters. The maximum Gasteiger partial charge on any atom is 0.257 e. The van der Waals surface area contributed by atoms with E-state index < -0.39 is 10.0 Å². The molecule has 9 nitrogen and oxygen atoms in total. The molecule has 0 unspecified atom stereocenters. The summed E-state index contributed by atoms with van der Waals surface area (Å²) in [6.45, 7) is 5.32. The van der Waals surface area contributed by atoms with Crippen LogP contribution < -0.4 is 9.64 Å². The molecule has 1 saturated heterocycles. The fourth-order valence-electron chi connectivity index (χ4n) is 3.79. The number of methoxy groups -OCH3 is 1. The summed E-state index contributed by atoms with van der Waals surface area (Å²) in [5, 5.41) is 4.26. The molecule has 0 spiro atoms. The molecule has 2 aromatic rings. The predicted molar refractivity (Wildman–Crippen MR) is 106 cm³/mol. The third kappa shape index (κ3) is 3.83. The highest BCUT2D eigenvalue weighted by Gasteiger charge is 2.33. The molecule has 0 aromatic carbocycles. The van der Waals surface area contributed by atoms with Crippen molar-refractivity contribution in [2.24, 2.45) is 13.0 Å². The number of rotatable bonds is 6. The maximum absolute atomic E-state index is 13.1. The molecule has 0 radical (unpaired) electrons. The van der Waals surface area contributed by atoms with Crippen LogP contribution in [0.5, 0.6) is 5.88 Å². The van der Waals surface area contributed by atoms with Gasteiger partial charge in [-0.25, -0.2) is 18.4 Å². The molecule has 1 fully saturated rings. The van der Waals surface area contributed by atoms with Crippen LogP contribution in [-0.4, -0.2) is 66.3 Å². The smallest absolute Gasteiger partial charge is 0.257 e. The second-order valence-electron chi connectivity index (χ2n) is 7.24. The summed E-state index contributed by atoms with van der Waals surface area (Å²) in [6, 6.07) is 0. The van der Waals surface area contributed by atoms with Gasteiger partial charge in [0.25, 0.3) is 5.88 Å². The zero-order valence-corrected chi connectivity index (χ0v) is 17.9. The number of ether oxygens (including phenoxy) is 1. The first kappa shape index (κ1) is 20.5. The van der Waals surface area contributed by atoms with Gasteiger partial charge in [0.2, 0.25) is 10.0 Å². The first-order valence-corrected chi connectivity index (χ1v) is 10.8. The SMILES string of the molecule is COc1nccnc1N(C)CC1CCN(S(=O)(=O)c2c(C)nn(C)c2C)CC1. The van der Waals surface area contributed by atoms with Gasteiger partial charge in [-0.1, -0.05) is 0 Å². The predicted octanol–water partition coefficient (Wildman–Crippen LogP) is 1.37. The number of hydrogen-bond donors (Lipinski definition) is 0. The Morgan fingerprint density at radius 2 is 1.86 bits per heavy atom. The molecule has 0 amide bonds. The molecule has 0 saturated carbocycles. The number of piperidine rings is 1. The van der Waals surface area contributed by atoms with Gasteiger partial charge in [-0.2, -0.15) is 9.40 Å². The molecule has 10 heteroatoms.